The van der Waals surface area contributed by atoms with Crippen molar-refractivity contribution in [3.8, 4) is 0 Å². The summed E-state index contributed by atoms with van der Waals surface area (Å²) < 4.78 is 38.3. The second kappa shape index (κ2) is 6.56. The van der Waals surface area contributed by atoms with E-state index in [4.69, 9.17) is 0 Å². The van der Waals surface area contributed by atoms with Crippen molar-refractivity contribution in [2.75, 3.05) is 11.1 Å². The molecule has 1 fully saturated rings. The van der Waals surface area contributed by atoms with Crippen molar-refractivity contribution in [3.63, 3.8) is 0 Å². The molecule has 0 heterocycles. The highest BCUT2D eigenvalue weighted by Gasteiger charge is 2.35. The number of benzene rings is 1. The fourth-order valence-electron chi connectivity index (χ4n) is 2.94. The Labute approximate surface area is 128 Å². The third-order valence-electron chi connectivity index (χ3n) is 4.10. The Hall–Kier alpha value is -0.420. The van der Waals surface area contributed by atoms with Crippen LogP contribution < -0.4 is 0 Å². The number of sulfone groups is 1. The fraction of sp³-hybridized carbons (Fsp3) is 0.600. The standard InChI is InChI=1S/C15H20BrFO2S/c16-11-15(8-3-1-2-4-9-15)12-20(18,19)14-7-5-6-13(17)10-14/h5-7,10H,1-4,8-9,11-12H2. The van der Waals surface area contributed by atoms with Crippen molar-refractivity contribution in [2.24, 2.45) is 5.41 Å². The molecule has 0 amide bonds. The number of hydrogen-bond acceptors (Lipinski definition) is 2. The Balaban J connectivity index is 2.25. The Morgan fingerprint density at radius 3 is 2.35 bits per heavy atom. The zero-order valence-electron chi connectivity index (χ0n) is 11.4. The van der Waals surface area contributed by atoms with E-state index < -0.39 is 15.7 Å². The highest BCUT2D eigenvalue weighted by molar-refractivity contribution is 9.09. The summed E-state index contributed by atoms with van der Waals surface area (Å²) in [6, 6.07) is 5.33. The molecule has 0 saturated heterocycles. The molecule has 0 bridgehead atoms. The van der Waals surface area contributed by atoms with Gasteiger partial charge in [0.2, 0.25) is 0 Å². The van der Waals surface area contributed by atoms with Crippen LogP contribution in [0.3, 0.4) is 0 Å². The van der Waals surface area contributed by atoms with Crippen LogP contribution in [0.15, 0.2) is 29.2 Å². The normalized spacial score (nSPS) is 19.5. The van der Waals surface area contributed by atoms with E-state index in [-0.39, 0.29) is 16.1 Å². The van der Waals surface area contributed by atoms with Gasteiger partial charge in [0, 0.05) is 5.33 Å². The van der Waals surface area contributed by atoms with E-state index in [2.05, 4.69) is 15.9 Å². The smallest absolute Gasteiger partial charge is 0.179 e. The maximum Gasteiger partial charge on any atom is 0.179 e. The molecule has 2 nitrogen and oxygen atoms in total. The van der Waals surface area contributed by atoms with Crippen LogP contribution >= 0.6 is 15.9 Å². The number of rotatable bonds is 4. The number of hydrogen-bond donors (Lipinski definition) is 0. The zero-order chi connectivity index (χ0) is 14.6. The van der Waals surface area contributed by atoms with Gasteiger partial charge >= 0.3 is 0 Å². The summed E-state index contributed by atoms with van der Waals surface area (Å²) in [5.41, 5.74) is -0.207. The molecule has 1 aliphatic rings. The first kappa shape index (κ1) is 16.0. The minimum absolute atomic E-state index is 0.0991. The third-order valence-corrected chi connectivity index (χ3v) is 7.25. The Kier molecular flexibility index (Phi) is 5.24. The lowest BCUT2D eigenvalue weighted by Crippen LogP contribution is -2.31. The fourth-order valence-corrected chi connectivity index (χ4v) is 5.91. The van der Waals surface area contributed by atoms with Gasteiger partial charge in [0.1, 0.15) is 5.82 Å². The second-order valence-electron chi connectivity index (χ2n) is 5.76. The van der Waals surface area contributed by atoms with Gasteiger partial charge in [-0.05, 0) is 36.5 Å². The molecule has 112 valence electrons. The molecule has 0 N–H and O–H groups in total. The molecule has 1 saturated carbocycles. The van der Waals surface area contributed by atoms with E-state index in [1.165, 1.54) is 31.0 Å². The predicted octanol–water partition coefficient (Wildman–Crippen LogP) is 4.33. The topological polar surface area (TPSA) is 34.1 Å². The third kappa shape index (κ3) is 3.82. The van der Waals surface area contributed by atoms with Gasteiger partial charge in [-0.3, -0.25) is 0 Å². The van der Waals surface area contributed by atoms with Gasteiger partial charge in [0.25, 0.3) is 0 Å². The van der Waals surface area contributed by atoms with Gasteiger partial charge in [-0.2, -0.15) is 0 Å². The van der Waals surface area contributed by atoms with E-state index in [0.717, 1.165) is 31.7 Å². The van der Waals surface area contributed by atoms with Gasteiger partial charge < -0.3 is 0 Å². The summed E-state index contributed by atoms with van der Waals surface area (Å²) in [4.78, 5) is 0.0991. The van der Waals surface area contributed by atoms with Crippen molar-refractivity contribution in [1.82, 2.24) is 0 Å². The Bertz CT molecular complexity index is 549. The molecule has 0 aromatic heterocycles. The number of alkyl halides is 1. The molecule has 5 heteroatoms. The van der Waals surface area contributed by atoms with E-state index in [9.17, 15) is 12.8 Å². The molecule has 0 spiro atoms. The van der Waals surface area contributed by atoms with Crippen LogP contribution in [0.25, 0.3) is 0 Å². The van der Waals surface area contributed by atoms with E-state index >= 15 is 0 Å². The monoisotopic (exact) mass is 362 g/mol. The first-order valence-corrected chi connectivity index (χ1v) is 9.79. The van der Waals surface area contributed by atoms with Gasteiger partial charge in [0.15, 0.2) is 9.84 Å². The quantitative estimate of drug-likeness (QED) is 0.589. The molecule has 0 radical (unpaired) electrons. The average molecular weight is 363 g/mol. The SMILES string of the molecule is O=S(=O)(CC1(CBr)CCCCCC1)c1cccc(F)c1. The van der Waals surface area contributed by atoms with Crippen LogP contribution in [0.1, 0.15) is 38.5 Å². The minimum atomic E-state index is -3.44. The maximum atomic E-state index is 13.2. The van der Waals surface area contributed by atoms with E-state index in [1.54, 1.807) is 0 Å². The first-order valence-electron chi connectivity index (χ1n) is 7.02. The largest absolute Gasteiger partial charge is 0.224 e. The van der Waals surface area contributed by atoms with Crippen molar-refractivity contribution >= 4 is 25.8 Å². The molecule has 1 aromatic carbocycles. The summed E-state index contributed by atoms with van der Waals surface area (Å²) in [7, 11) is -3.44. The van der Waals surface area contributed by atoms with Gasteiger partial charge in [0.05, 0.1) is 10.6 Å². The lowest BCUT2D eigenvalue weighted by atomic mass is 9.85. The Morgan fingerprint density at radius 1 is 1.15 bits per heavy atom. The van der Waals surface area contributed by atoms with Crippen LogP contribution in [0, 0.1) is 11.2 Å². The van der Waals surface area contributed by atoms with Crippen LogP contribution in [-0.2, 0) is 9.84 Å². The lowest BCUT2D eigenvalue weighted by Gasteiger charge is -2.30. The van der Waals surface area contributed by atoms with Gasteiger partial charge in [-0.25, -0.2) is 12.8 Å². The second-order valence-corrected chi connectivity index (χ2v) is 8.31. The van der Waals surface area contributed by atoms with Crippen molar-refractivity contribution in [1.29, 1.82) is 0 Å². The summed E-state index contributed by atoms with van der Waals surface area (Å²) in [6.45, 7) is 0. The van der Waals surface area contributed by atoms with E-state index in [1.807, 2.05) is 0 Å². The van der Waals surface area contributed by atoms with Crippen LogP contribution in [0.2, 0.25) is 0 Å². The summed E-state index contributed by atoms with van der Waals surface area (Å²) in [5.74, 6) is -0.394. The van der Waals surface area contributed by atoms with Gasteiger partial charge in [-0.15, -0.1) is 0 Å². The highest BCUT2D eigenvalue weighted by atomic mass is 79.9. The molecule has 20 heavy (non-hydrogen) atoms. The molecule has 0 aliphatic heterocycles. The molecule has 1 aromatic rings. The summed E-state index contributed by atoms with van der Waals surface area (Å²) in [6.07, 6.45) is 6.34. The van der Waals surface area contributed by atoms with Crippen LogP contribution in [-0.4, -0.2) is 19.5 Å². The Morgan fingerprint density at radius 2 is 1.80 bits per heavy atom. The molecule has 0 unspecified atom stereocenters. The predicted molar refractivity (Wildman–Crippen MR) is 82.4 cm³/mol. The zero-order valence-corrected chi connectivity index (χ0v) is 13.8. The van der Waals surface area contributed by atoms with Crippen LogP contribution in [0.5, 0.6) is 0 Å². The van der Waals surface area contributed by atoms with Crippen LogP contribution in [0.4, 0.5) is 4.39 Å². The minimum Gasteiger partial charge on any atom is -0.224 e. The average Bonchev–Trinajstić information content (AvgIpc) is 2.64. The van der Waals surface area contributed by atoms with E-state index in [0.29, 0.717) is 5.33 Å². The van der Waals surface area contributed by atoms with Crippen molar-refractivity contribution in [3.05, 3.63) is 30.1 Å². The number of halogens is 2. The van der Waals surface area contributed by atoms with Crippen molar-refractivity contribution in [2.45, 2.75) is 43.4 Å². The highest BCUT2D eigenvalue weighted by Crippen LogP contribution is 2.39. The summed E-state index contributed by atoms with van der Waals surface area (Å²) >= 11 is 3.50. The van der Waals surface area contributed by atoms with Gasteiger partial charge in [-0.1, -0.05) is 47.7 Å². The molecule has 1 aliphatic carbocycles. The first-order chi connectivity index (χ1) is 9.47. The van der Waals surface area contributed by atoms with Crippen molar-refractivity contribution < 1.29 is 12.8 Å². The molecule has 2 rings (SSSR count). The molecular formula is C15H20BrFO2S. The summed E-state index contributed by atoms with van der Waals surface area (Å²) in [5, 5.41) is 0.689. The molecule has 0 atom stereocenters. The lowest BCUT2D eigenvalue weighted by molar-refractivity contribution is 0.327. The molecular weight excluding hydrogens is 343 g/mol. The maximum absolute atomic E-state index is 13.2.